The molecule has 0 saturated carbocycles. The Kier molecular flexibility index (Phi) is 3.29. The zero-order chi connectivity index (χ0) is 10.8. The summed E-state index contributed by atoms with van der Waals surface area (Å²) in [6.45, 7) is -0.669. The number of phenolic OH excluding ortho intramolecular Hbond substituents is 1. The molecule has 2 nitrogen and oxygen atoms in total. The maximum atomic E-state index is 13.3. The Morgan fingerprint density at radius 2 is 2.00 bits per heavy atom. The van der Waals surface area contributed by atoms with Gasteiger partial charge >= 0.3 is 0 Å². The number of hydrogen-bond acceptors (Lipinski definition) is 2. The third-order valence-electron chi connectivity index (χ3n) is 1.78. The number of halogens is 3. The van der Waals surface area contributed by atoms with Crippen LogP contribution in [0.25, 0.3) is 0 Å². The van der Waals surface area contributed by atoms with Gasteiger partial charge in [0.2, 0.25) is 0 Å². The summed E-state index contributed by atoms with van der Waals surface area (Å²) in [5.74, 6) is -3.87. The zero-order valence-corrected chi connectivity index (χ0v) is 7.93. The average Bonchev–Trinajstić information content (AvgIpc) is 2.02. The van der Waals surface area contributed by atoms with Crippen LogP contribution >= 0.6 is 11.6 Å². The van der Waals surface area contributed by atoms with E-state index < -0.39 is 30.3 Å². The topological polar surface area (TPSA) is 40.5 Å². The first-order valence-electron chi connectivity index (χ1n) is 3.95. The molecule has 0 spiro atoms. The predicted molar refractivity (Wildman–Crippen MR) is 48.7 cm³/mol. The van der Waals surface area contributed by atoms with E-state index in [1.807, 2.05) is 0 Å². The molecule has 78 valence electrons. The summed E-state index contributed by atoms with van der Waals surface area (Å²) >= 11 is 5.53. The lowest BCUT2D eigenvalue weighted by Gasteiger charge is -2.17. The Hall–Kier alpha value is -0.870. The van der Waals surface area contributed by atoms with Crippen molar-refractivity contribution >= 4 is 11.6 Å². The molecule has 0 fully saturated rings. The Morgan fingerprint density at radius 3 is 2.50 bits per heavy atom. The third-order valence-corrected chi connectivity index (χ3v) is 2.10. The van der Waals surface area contributed by atoms with Crippen molar-refractivity contribution in [3.63, 3.8) is 0 Å². The summed E-state index contributed by atoms with van der Waals surface area (Å²) in [6.07, 6.45) is -0.760. The molecule has 5 heteroatoms. The predicted octanol–water partition coefficient (Wildman–Crippen LogP) is 2.52. The molecule has 0 aliphatic carbocycles. The summed E-state index contributed by atoms with van der Waals surface area (Å²) in [4.78, 5) is 0. The van der Waals surface area contributed by atoms with E-state index in [1.165, 1.54) is 12.1 Å². The van der Waals surface area contributed by atoms with Crippen molar-refractivity contribution < 1.29 is 19.0 Å². The molecular weight excluding hydrogens is 214 g/mol. The van der Waals surface area contributed by atoms with Gasteiger partial charge in [-0.15, -0.1) is 0 Å². The van der Waals surface area contributed by atoms with Gasteiger partial charge in [0.1, 0.15) is 5.75 Å². The third kappa shape index (κ3) is 2.13. The molecule has 0 amide bonds. The van der Waals surface area contributed by atoms with Gasteiger partial charge in [0, 0.05) is 13.0 Å². The van der Waals surface area contributed by atoms with Crippen LogP contribution in [0.2, 0.25) is 5.02 Å². The number of aliphatic hydroxyl groups is 1. The van der Waals surface area contributed by atoms with Gasteiger partial charge in [-0.05, 0) is 12.1 Å². The maximum absolute atomic E-state index is 13.3. The van der Waals surface area contributed by atoms with Crippen molar-refractivity contribution in [1.82, 2.24) is 0 Å². The number of alkyl halides is 2. The van der Waals surface area contributed by atoms with Crippen LogP contribution in [0.15, 0.2) is 18.2 Å². The number of hydrogen-bond donors (Lipinski definition) is 2. The Bertz CT molecular complexity index is 308. The fraction of sp³-hybridized carbons (Fsp3) is 0.333. The van der Waals surface area contributed by atoms with Crippen LogP contribution in [0.3, 0.4) is 0 Å². The molecule has 1 aromatic carbocycles. The van der Waals surface area contributed by atoms with Crippen LogP contribution in [0.4, 0.5) is 8.78 Å². The van der Waals surface area contributed by atoms with Crippen LogP contribution in [0.5, 0.6) is 5.75 Å². The second kappa shape index (κ2) is 4.11. The molecule has 0 heterocycles. The van der Waals surface area contributed by atoms with E-state index in [0.29, 0.717) is 0 Å². The molecule has 0 bridgehead atoms. The highest BCUT2D eigenvalue weighted by Gasteiger charge is 2.35. The normalized spacial score (nSPS) is 11.7. The number of aromatic hydroxyl groups is 1. The lowest BCUT2D eigenvalue weighted by atomic mass is 10.0. The van der Waals surface area contributed by atoms with Crippen LogP contribution < -0.4 is 0 Å². The second-order valence-corrected chi connectivity index (χ2v) is 3.22. The SMILES string of the molecule is OCCC(F)(F)c1c(O)cccc1Cl. The maximum Gasteiger partial charge on any atom is 0.280 e. The van der Waals surface area contributed by atoms with Crippen LogP contribution in [-0.2, 0) is 5.92 Å². The quantitative estimate of drug-likeness (QED) is 0.825. The average molecular weight is 223 g/mol. The van der Waals surface area contributed by atoms with E-state index >= 15 is 0 Å². The summed E-state index contributed by atoms with van der Waals surface area (Å²) in [5.41, 5.74) is -0.629. The number of phenols is 1. The van der Waals surface area contributed by atoms with Gasteiger partial charge in [0.15, 0.2) is 0 Å². The fourth-order valence-electron chi connectivity index (χ4n) is 1.14. The molecule has 0 saturated heterocycles. The second-order valence-electron chi connectivity index (χ2n) is 2.81. The van der Waals surface area contributed by atoms with E-state index in [-0.39, 0.29) is 5.02 Å². The minimum atomic E-state index is -3.31. The van der Waals surface area contributed by atoms with Crippen molar-refractivity contribution in [1.29, 1.82) is 0 Å². The van der Waals surface area contributed by atoms with Gasteiger partial charge in [-0.25, -0.2) is 8.78 Å². The van der Waals surface area contributed by atoms with Crippen LogP contribution in [0, 0.1) is 0 Å². The van der Waals surface area contributed by atoms with E-state index in [0.717, 1.165) is 6.07 Å². The van der Waals surface area contributed by atoms with Crippen molar-refractivity contribution in [3.05, 3.63) is 28.8 Å². The largest absolute Gasteiger partial charge is 0.507 e. The van der Waals surface area contributed by atoms with Crippen molar-refractivity contribution in [2.45, 2.75) is 12.3 Å². The molecule has 0 aromatic heterocycles. The van der Waals surface area contributed by atoms with Gasteiger partial charge in [0.05, 0.1) is 10.6 Å². The number of rotatable bonds is 3. The standard InChI is InChI=1S/C9H9ClF2O2/c10-6-2-1-3-7(14)8(6)9(11,12)4-5-13/h1-3,13-14H,4-5H2. The zero-order valence-electron chi connectivity index (χ0n) is 7.17. The lowest BCUT2D eigenvalue weighted by Crippen LogP contribution is -2.16. The summed E-state index contributed by atoms with van der Waals surface area (Å²) in [5, 5.41) is 17.4. The highest BCUT2D eigenvalue weighted by atomic mass is 35.5. The number of aliphatic hydroxyl groups excluding tert-OH is 1. The fourth-order valence-corrected chi connectivity index (χ4v) is 1.45. The Balaban J connectivity index is 3.17. The van der Waals surface area contributed by atoms with Gasteiger partial charge in [-0.1, -0.05) is 17.7 Å². The Labute approximate surface area is 84.7 Å². The molecule has 1 aromatic rings. The summed E-state index contributed by atoms with van der Waals surface area (Å²) in [7, 11) is 0. The van der Waals surface area contributed by atoms with Crippen molar-refractivity contribution in [3.8, 4) is 5.75 Å². The van der Waals surface area contributed by atoms with E-state index in [2.05, 4.69) is 0 Å². The first-order valence-corrected chi connectivity index (χ1v) is 4.33. The van der Waals surface area contributed by atoms with E-state index in [4.69, 9.17) is 16.7 Å². The summed E-state index contributed by atoms with van der Waals surface area (Å²) in [6, 6.07) is 3.77. The number of benzene rings is 1. The Morgan fingerprint density at radius 1 is 1.36 bits per heavy atom. The van der Waals surface area contributed by atoms with Gasteiger partial charge in [0.25, 0.3) is 5.92 Å². The highest BCUT2D eigenvalue weighted by molar-refractivity contribution is 6.31. The first kappa shape index (κ1) is 11.2. The van der Waals surface area contributed by atoms with E-state index in [1.54, 1.807) is 0 Å². The first-order chi connectivity index (χ1) is 6.49. The van der Waals surface area contributed by atoms with E-state index in [9.17, 15) is 13.9 Å². The summed E-state index contributed by atoms with van der Waals surface area (Å²) < 4.78 is 26.5. The molecule has 14 heavy (non-hydrogen) atoms. The van der Waals surface area contributed by atoms with Gasteiger partial charge in [-0.3, -0.25) is 0 Å². The smallest absolute Gasteiger partial charge is 0.280 e. The molecule has 0 atom stereocenters. The van der Waals surface area contributed by atoms with Crippen LogP contribution in [0.1, 0.15) is 12.0 Å². The van der Waals surface area contributed by atoms with Gasteiger partial charge in [-0.2, -0.15) is 0 Å². The lowest BCUT2D eigenvalue weighted by molar-refractivity contribution is -0.0286. The molecule has 0 radical (unpaired) electrons. The molecule has 0 aliphatic heterocycles. The molecule has 0 aliphatic rings. The minimum Gasteiger partial charge on any atom is -0.507 e. The van der Waals surface area contributed by atoms with Crippen molar-refractivity contribution in [2.75, 3.05) is 6.61 Å². The molecular formula is C9H9ClF2O2. The van der Waals surface area contributed by atoms with Crippen molar-refractivity contribution in [2.24, 2.45) is 0 Å². The van der Waals surface area contributed by atoms with Gasteiger partial charge < -0.3 is 10.2 Å². The highest BCUT2D eigenvalue weighted by Crippen LogP contribution is 2.41. The molecule has 1 rings (SSSR count). The molecule has 2 N–H and O–H groups in total. The minimum absolute atomic E-state index is 0.205. The monoisotopic (exact) mass is 222 g/mol. The van der Waals surface area contributed by atoms with Crippen LogP contribution in [-0.4, -0.2) is 16.8 Å². The molecule has 0 unspecified atom stereocenters.